The summed E-state index contributed by atoms with van der Waals surface area (Å²) >= 11 is 0. The molecule has 2 aliphatic rings. The van der Waals surface area contributed by atoms with Crippen LogP contribution in [0.3, 0.4) is 0 Å². The van der Waals surface area contributed by atoms with E-state index in [4.69, 9.17) is 19.3 Å². The van der Waals surface area contributed by atoms with Crippen LogP contribution in [0.2, 0.25) is 0 Å². The van der Waals surface area contributed by atoms with Gasteiger partial charge in [-0.1, -0.05) is 0 Å². The number of hydrogen-bond donors (Lipinski definition) is 1. The maximum absolute atomic E-state index is 13.3. The van der Waals surface area contributed by atoms with Gasteiger partial charge in [-0.2, -0.15) is 8.78 Å². The number of methoxy groups -OCH3 is 1. The Morgan fingerprint density at radius 3 is 2.73 bits per heavy atom. The van der Waals surface area contributed by atoms with E-state index in [0.29, 0.717) is 47.6 Å². The van der Waals surface area contributed by atoms with E-state index >= 15 is 0 Å². The van der Waals surface area contributed by atoms with Gasteiger partial charge in [0, 0.05) is 43.3 Å². The van der Waals surface area contributed by atoms with Crippen molar-refractivity contribution in [2.24, 2.45) is 11.8 Å². The second kappa shape index (κ2) is 11.0. The number of Topliss-reactive ketones (excluding diaryl/α,β-unsaturated/α-hetero) is 1. The molecule has 1 atom stereocenters. The molecule has 1 saturated carbocycles. The van der Waals surface area contributed by atoms with Crippen LogP contribution < -0.4 is 14.2 Å². The van der Waals surface area contributed by atoms with E-state index < -0.39 is 6.61 Å². The number of carbonyl (C=O) groups is 1. The summed E-state index contributed by atoms with van der Waals surface area (Å²) in [5.41, 5.74) is 1.85. The highest BCUT2D eigenvalue weighted by molar-refractivity contribution is 6.02. The van der Waals surface area contributed by atoms with Crippen molar-refractivity contribution in [2.75, 3.05) is 40.0 Å². The number of β-amino-alcohol motifs (C(OH)–C–C–N with tert-alkyl or cyclic N) is 1. The number of aromatic nitrogens is 2. The molecular formula is C27H31F2N3O5. The summed E-state index contributed by atoms with van der Waals surface area (Å²) in [6.45, 7) is 0.207. The maximum Gasteiger partial charge on any atom is 0.387 e. The van der Waals surface area contributed by atoms with Gasteiger partial charge in [-0.3, -0.25) is 9.20 Å². The Morgan fingerprint density at radius 1 is 1.19 bits per heavy atom. The third-order valence-electron chi connectivity index (χ3n) is 7.00. The van der Waals surface area contributed by atoms with Gasteiger partial charge in [0.05, 0.1) is 32.2 Å². The first-order valence-corrected chi connectivity index (χ1v) is 12.6. The molecule has 2 fully saturated rings. The quantitative estimate of drug-likeness (QED) is 0.360. The van der Waals surface area contributed by atoms with E-state index in [1.165, 1.54) is 13.2 Å². The number of fused-ring (bicyclic) bond motifs is 1. The van der Waals surface area contributed by atoms with Crippen molar-refractivity contribution in [2.45, 2.75) is 32.3 Å². The molecule has 8 nitrogen and oxygen atoms in total. The van der Waals surface area contributed by atoms with Crippen LogP contribution in [0, 0.1) is 11.8 Å². The first-order valence-electron chi connectivity index (χ1n) is 12.6. The number of ether oxygens (including phenoxy) is 3. The van der Waals surface area contributed by atoms with Gasteiger partial charge >= 0.3 is 6.61 Å². The molecule has 1 saturated heterocycles. The van der Waals surface area contributed by atoms with Crippen LogP contribution in [0.4, 0.5) is 8.78 Å². The van der Waals surface area contributed by atoms with E-state index in [9.17, 15) is 13.6 Å². The minimum Gasteiger partial charge on any atom is -0.496 e. The predicted octanol–water partition coefficient (Wildman–Crippen LogP) is 4.29. The molecule has 3 aromatic rings. The Hall–Kier alpha value is -3.24. The summed E-state index contributed by atoms with van der Waals surface area (Å²) in [6, 6.07) is 6.76. The number of rotatable bonds is 12. The lowest BCUT2D eigenvalue weighted by atomic mass is 10.00. The fourth-order valence-electron chi connectivity index (χ4n) is 4.92. The molecular weight excluding hydrogens is 484 g/mol. The third kappa shape index (κ3) is 5.86. The normalized spacial score (nSPS) is 18.0. The van der Waals surface area contributed by atoms with Crippen LogP contribution in [-0.2, 0) is 0 Å². The van der Waals surface area contributed by atoms with Gasteiger partial charge in [-0.25, -0.2) is 4.98 Å². The molecule has 10 heteroatoms. The largest absolute Gasteiger partial charge is 0.496 e. The van der Waals surface area contributed by atoms with Gasteiger partial charge in [0.2, 0.25) is 0 Å². The lowest BCUT2D eigenvalue weighted by Crippen LogP contribution is -2.25. The van der Waals surface area contributed by atoms with Crippen LogP contribution in [0.5, 0.6) is 17.2 Å². The number of aliphatic hydroxyl groups is 1. The summed E-state index contributed by atoms with van der Waals surface area (Å²) in [4.78, 5) is 19.6. The van der Waals surface area contributed by atoms with Gasteiger partial charge in [0.15, 0.2) is 5.78 Å². The van der Waals surface area contributed by atoms with Crippen LogP contribution in [0.15, 0.2) is 36.7 Å². The number of carbonyl (C=O) groups excluding carboxylic acids is 1. The second-order valence-electron chi connectivity index (χ2n) is 9.72. The van der Waals surface area contributed by atoms with E-state index in [-0.39, 0.29) is 35.9 Å². The van der Waals surface area contributed by atoms with Crippen molar-refractivity contribution >= 4 is 11.4 Å². The number of alkyl halides is 2. The lowest BCUT2D eigenvalue weighted by Gasteiger charge is -2.16. The SMILES string of the molecule is COc1cc(-c2cnc3cc(OC[C@@H]4CCN(CCO)C4)ccn23)cc(OC(F)F)c1C(=O)CC1CC1. The number of pyridine rings is 1. The summed E-state index contributed by atoms with van der Waals surface area (Å²) in [7, 11) is 1.41. The summed E-state index contributed by atoms with van der Waals surface area (Å²) in [5.74, 6) is 1.12. The van der Waals surface area contributed by atoms with E-state index in [0.717, 1.165) is 32.4 Å². The average Bonchev–Trinajstić information content (AvgIpc) is 3.41. The Bertz CT molecular complexity index is 1260. The molecule has 1 aromatic carbocycles. The first-order chi connectivity index (χ1) is 17.9. The van der Waals surface area contributed by atoms with Crippen LogP contribution in [-0.4, -0.2) is 71.7 Å². The van der Waals surface area contributed by atoms with E-state index in [2.05, 4.69) is 9.88 Å². The molecule has 37 heavy (non-hydrogen) atoms. The number of benzene rings is 1. The topological polar surface area (TPSA) is 85.5 Å². The van der Waals surface area contributed by atoms with Crippen molar-refractivity contribution in [3.05, 3.63) is 42.2 Å². The second-order valence-corrected chi connectivity index (χ2v) is 9.72. The molecule has 5 rings (SSSR count). The molecule has 0 unspecified atom stereocenters. The standard InChI is InChI=1S/C27H31F2N3O5/c1-35-23-11-19(12-24(37-27(28)29)26(23)22(34)10-17-2-3-17)21-14-30-25-13-20(5-7-32(21)25)36-16-18-4-6-31(15-18)8-9-33/h5,7,11-14,17-18,27,33H,2-4,6,8-10,15-16H2,1H3/t18-/m1/s1. The predicted molar refractivity (Wildman–Crippen MR) is 133 cm³/mol. The smallest absolute Gasteiger partial charge is 0.387 e. The van der Waals surface area contributed by atoms with Gasteiger partial charge < -0.3 is 24.2 Å². The zero-order chi connectivity index (χ0) is 25.9. The minimum absolute atomic E-state index is 0.0485. The highest BCUT2D eigenvalue weighted by Gasteiger charge is 2.30. The molecule has 198 valence electrons. The molecule has 0 amide bonds. The van der Waals surface area contributed by atoms with Crippen molar-refractivity contribution in [1.82, 2.24) is 14.3 Å². The fourth-order valence-corrected chi connectivity index (χ4v) is 4.92. The van der Waals surface area contributed by atoms with Crippen LogP contribution in [0.1, 0.15) is 36.0 Å². The van der Waals surface area contributed by atoms with Crippen molar-refractivity contribution in [3.8, 4) is 28.5 Å². The molecule has 3 heterocycles. The fraction of sp³-hybridized carbons (Fsp3) is 0.481. The summed E-state index contributed by atoms with van der Waals surface area (Å²) in [6.07, 6.45) is 6.69. The third-order valence-corrected chi connectivity index (χ3v) is 7.00. The zero-order valence-corrected chi connectivity index (χ0v) is 20.7. The average molecular weight is 516 g/mol. The van der Waals surface area contributed by atoms with Crippen molar-refractivity contribution in [3.63, 3.8) is 0 Å². The zero-order valence-electron chi connectivity index (χ0n) is 20.7. The maximum atomic E-state index is 13.3. The van der Waals surface area contributed by atoms with Gasteiger partial charge in [-0.05, 0) is 49.9 Å². The minimum atomic E-state index is -3.08. The van der Waals surface area contributed by atoms with Gasteiger partial charge in [0.25, 0.3) is 0 Å². The Morgan fingerprint density at radius 2 is 2.00 bits per heavy atom. The molecule has 1 N–H and O–H groups in total. The molecule has 2 aromatic heterocycles. The number of hydrogen-bond acceptors (Lipinski definition) is 7. The molecule has 1 aliphatic carbocycles. The highest BCUT2D eigenvalue weighted by Crippen LogP contribution is 2.40. The number of ketones is 1. The Kier molecular flexibility index (Phi) is 7.57. The van der Waals surface area contributed by atoms with Crippen LogP contribution in [0.25, 0.3) is 16.9 Å². The number of imidazole rings is 1. The molecule has 0 radical (unpaired) electrons. The van der Waals surface area contributed by atoms with Gasteiger partial charge in [0.1, 0.15) is 28.5 Å². The van der Waals surface area contributed by atoms with Crippen molar-refractivity contribution in [1.29, 1.82) is 0 Å². The monoisotopic (exact) mass is 515 g/mol. The van der Waals surface area contributed by atoms with Gasteiger partial charge in [-0.15, -0.1) is 0 Å². The van der Waals surface area contributed by atoms with Crippen LogP contribution >= 0.6 is 0 Å². The summed E-state index contributed by atoms with van der Waals surface area (Å²) < 4.78 is 44.6. The summed E-state index contributed by atoms with van der Waals surface area (Å²) in [5, 5.41) is 9.12. The molecule has 0 spiro atoms. The molecule has 1 aliphatic heterocycles. The number of aliphatic hydroxyl groups excluding tert-OH is 1. The van der Waals surface area contributed by atoms with E-state index in [1.807, 2.05) is 22.7 Å². The number of nitrogens with zero attached hydrogens (tertiary/aromatic N) is 3. The highest BCUT2D eigenvalue weighted by atomic mass is 19.3. The Labute approximate surface area is 213 Å². The van der Waals surface area contributed by atoms with Crippen molar-refractivity contribution < 1.29 is 32.9 Å². The molecule has 0 bridgehead atoms. The Balaban J connectivity index is 1.38. The number of likely N-dealkylation sites (tertiary alicyclic amines) is 1. The number of halogens is 2. The lowest BCUT2D eigenvalue weighted by molar-refractivity contribution is -0.0502. The van der Waals surface area contributed by atoms with E-state index in [1.54, 1.807) is 12.3 Å². The first kappa shape index (κ1) is 25.4.